The van der Waals surface area contributed by atoms with E-state index in [0.29, 0.717) is 5.92 Å². The molecule has 18 heavy (non-hydrogen) atoms. The second kappa shape index (κ2) is 5.88. The summed E-state index contributed by atoms with van der Waals surface area (Å²) in [4.78, 5) is 2.62. The zero-order valence-electron chi connectivity index (χ0n) is 12.4. The molecule has 0 amide bonds. The number of likely N-dealkylation sites (tertiary alicyclic amines) is 1. The molecule has 1 heteroatoms. The van der Waals surface area contributed by atoms with Crippen molar-refractivity contribution < 1.29 is 0 Å². The third-order valence-corrected chi connectivity index (χ3v) is 4.22. The van der Waals surface area contributed by atoms with Crippen LogP contribution in [0.5, 0.6) is 0 Å². The van der Waals surface area contributed by atoms with Gasteiger partial charge in [-0.2, -0.15) is 0 Å². The smallest absolute Gasteiger partial charge is 0.0238 e. The summed E-state index contributed by atoms with van der Waals surface area (Å²) in [6, 6.07) is 4.77. The Balaban J connectivity index is 2.17. The van der Waals surface area contributed by atoms with E-state index in [0.717, 1.165) is 6.54 Å². The van der Waals surface area contributed by atoms with Gasteiger partial charge in [-0.25, -0.2) is 0 Å². The molecular formula is C17H27N. The van der Waals surface area contributed by atoms with E-state index in [1.165, 1.54) is 49.0 Å². The molecule has 1 heterocycles. The molecular weight excluding hydrogens is 218 g/mol. The van der Waals surface area contributed by atoms with Crippen LogP contribution in [0, 0.1) is 13.8 Å². The van der Waals surface area contributed by atoms with Crippen molar-refractivity contribution >= 4 is 0 Å². The molecule has 0 unspecified atom stereocenters. The highest BCUT2D eigenvalue weighted by Gasteiger charge is 2.14. The third kappa shape index (κ3) is 3.14. The first-order chi connectivity index (χ1) is 8.58. The molecule has 1 aliphatic heterocycles. The van der Waals surface area contributed by atoms with E-state index in [1.807, 2.05) is 0 Å². The maximum Gasteiger partial charge on any atom is 0.0238 e. The van der Waals surface area contributed by atoms with Gasteiger partial charge in [0.25, 0.3) is 0 Å². The lowest BCUT2D eigenvalue weighted by molar-refractivity contribution is 0.220. The predicted octanol–water partition coefficient (Wildman–Crippen LogP) is 4.41. The SMILES string of the molecule is Cc1cc(C(C)C)cc(C)c1CN1CCCCC1. The van der Waals surface area contributed by atoms with Crippen LogP contribution < -0.4 is 0 Å². The van der Waals surface area contributed by atoms with Gasteiger partial charge in [0.05, 0.1) is 0 Å². The van der Waals surface area contributed by atoms with Crippen molar-refractivity contribution in [2.75, 3.05) is 13.1 Å². The summed E-state index contributed by atoms with van der Waals surface area (Å²) in [5.74, 6) is 0.631. The molecule has 1 nitrogen and oxygen atoms in total. The lowest BCUT2D eigenvalue weighted by Gasteiger charge is -2.28. The number of piperidine rings is 1. The Morgan fingerprint density at radius 3 is 2.06 bits per heavy atom. The topological polar surface area (TPSA) is 3.24 Å². The fourth-order valence-corrected chi connectivity index (χ4v) is 2.95. The largest absolute Gasteiger partial charge is 0.299 e. The highest BCUT2D eigenvalue weighted by atomic mass is 15.1. The number of hydrogen-bond acceptors (Lipinski definition) is 1. The van der Waals surface area contributed by atoms with Crippen molar-refractivity contribution in [3.05, 3.63) is 34.4 Å². The van der Waals surface area contributed by atoms with E-state index >= 15 is 0 Å². The van der Waals surface area contributed by atoms with Crippen LogP contribution in [0.3, 0.4) is 0 Å². The standard InChI is InChI=1S/C17H27N/c1-13(2)16-10-14(3)17(15(4)11-16)12-18-8-6-5-7-9-18/h10-11,13H,5-9,12H2,1-4H3. The molecule has 0 spiro atoms. The van der Waals surface area contributed by atoms with Crippen molar-refractivity contribution in [1.82, 2.24) is 4.90 Å². The Morgan fingerprint density at radius 2 is 1.56 bits per heavy atom. The van der Waals surface area contributed by atoms with Gasteiger partial charge >= 0.3 is 0 Å². The van der Waals surface area contributed by atoms with E-state index in [9.17, 15) is 0 Å². The van der Waals surface area contributed by atoms with Crippen molar-refractivity contribution in [1.29, 1.82) is 0 Å². The van der Waals surface area contributed by atoms with Crippen LogP contribution in [0.25, 0.3) is 0 Å². The summed E-state index contributed by atoms with van der Waals surface area (Å²) in [7, 11) is 0. The van der Waals surface area contributed by atoms with Gasteiger partial charge in [-0.3, -0.25) is 4.90 Å². The Bertz CT molecular complexity index is 377. The fourth-order valence-electron chi connectivity index (χ4n) is 2.95. The number of nitrogens with zero attached hydrogens (tertiary/aromatic N) is 1. The first kappa shape index (κ1) is 13.6. The van der Waals surface area contributed by atoms with Crippen LogP contribution in [-0.4, -0.2) is 18.0 Å². The first-order valence-corrected chi connectivity index (χ1v) is 7.40. The Labute approximate surface area is 112 Å². The normalized spacial score (nSPS) is 17.4. The number of hydrogen-bond donors (Lipinski definition) is 0. The van der Waals surface area contributed by atoms with E-state index < -0.39 is 0 Å². The molecule has 1 aromatic rings. The maximum atomic E-state index is 2.62. The van der Waals surface area contributed by atoms with Gasteiger partial charge in [0, 0.05) is 6.54 Å². The monoisotopic (exact) mass is 245 g/mol. The second-order valence-corrected chi connectivity index (χ2v) is 6.12. The Kier molecular flexibility index (Phi) is 4.45. The van der Waals surface area contributed by atoms with Crippen LogP contribution in [0.4, 0.5) is 0 Å². The molecule has 0 atom stereocenters. The van der Waals surface area contributed by atoms with E-state index in [-0.39, 0.29) is 0 Å². The minimum atomic E-state index is 0.631. The lowest BCUT2D eigenvalue weighted by atomic mass is 9.93. The highest BCUT2D eigenvalue weighted by molar-refractivity contribution is 5.39. The summed E-state index contributed by atoms with van der Waals surface area (Å²) in [6.45, 7) is 12.8. The van der Waals surface area contributed by atoms with E-state index in [1.54, 1.807) is 5.56 Å². The quantitative estimate of drug-likeness (QED) is 0.762. The van der Waals surface area contributed by atoms with Crippen molar-refractivity contribution in [3.8, 4) is 0 Å². The van der Waals surface area contributed by atoms with Gasteiger partial charge in [-0.05, 0) is 68.0 Å². The molecule has 100 valence electrons. The van der Waals surface area contributed by atoms with Crippen LogP contribution in [0.15, 0.2) is 12.1 Å². The van der Waals surface area contributed by atoms with Gasteiger partial charge in [-0.15, -0.1) is 0 Å². The first-order valence-electron chi connectivity index (χ1n) is 7.40. The van der Waals surface area contributed by atoms with Gasteiger partial charge in [0.15, 0.2) is 0 Å². The van der Waals surface area contributed by atoms with Crippen LogP contribution in [0.1, 0.15) is 61.3 Å². The molecule has 0 N–H and O–H groups in total. The molecule has 1 aliphatic rings. The maximum absolute atomic E-state index is 2.62. The van der Waals surface area contributed by atoms with Crippen molar-refractivity contribution in [2.45, 2.75) is 59.4 Å². The summed E-state index contributed by atoms with van der Waals surface area (Å²) >= 11 is 0. The summed E-state index contributed by atoms with van der Waals surface area (Å²) < 4.78 is 0. The summed E-state index contributed by atoms with van der Waals surface area (Å²) in [5, 5.41) is 0. The molecule has 1 fully saturated rings. The van der Waals surface area contributed by atoms with E-state index in [2.05, 4.69) is 44.7 Å². The molecule has 0 bridgehead atoms. The van der Waals surface area contributed by atoms with Crippen molar-refractivity contribution in [2.24, 2.45) is 0 Å². The minimum Gasteiger partial charge on any atom is -0.299 e. The number of aryl methyl sites for hydroxylation is 2. The van der Waals surface area contributed by atoms with Crippen LogP contribution in [0.2, 0.25) is 0 Å². The minimum absolute atomic E-state index is 0.631. The molecule has 0 radical (unpaired) electrons. The third-order valence-electron chi connectivity index (χ3n) is 4.22. The Hall–Kier alpha value is -0.820. The van der Waals surface area contributed by atoms with Gasteiger partial charge < -0.3 is 0 Å². The average molecular weight is 245 g/mol. The summed E-state index contributed by atoms with van der Waals surface area (Å²) in [6.07, 6.45) is 4.17. The zero-order chi connectivity index (χ0) is 13.1. The summed E-state index contributed by atoms with van der Waals surface area (Å²) in [5.41, 5.74) is 5.99. The van der Waals surface area contributed by atoms with Gasteiger partial charge in [0.1, 0.15) is 0 Å². The second-order valence-electron chi connectivity index (χ2n) is 6.12. The number of benzene rings is 1. The zero-order valence-corrected chi connectivity index (χ0v) is 12.4. The number of rotatable bonds is 3. The van der Waals surface area contributed by atoms with E-state index in [4.69, 9.17) is 0 Å². The average Bonchev–Trinajstić information content (AvgIpc) is 2.34. The molecule has 0 aliphatic carbocycles. The molecule has 1 saturated heterocycles. The fraction of sp³-hybridized carbons (Fsp3) is 0.647. The molecule has 1 aromatic carbocycles. The van der Waals surface area contributed by atoms with Gasteiger partial charge in [-0.1, -0.05) is 32.4 Å². The highest BCUT2D eigenvalue weighted by Crippen LogP contribution is 2.24. The lowest BCUT2D eigenvalue weighted by Crippen LogP contribution is -2.29. The predicted molar refractivity (Wildman–Crippen MR) is 79.1 cm³/mol. The molecule has 2 rings (SSSR count). The molecule has 0 aromatic heterocycles. The Morgan fingerprint density at radius 1 is 1.00 bits per heavy atom. The van der Waals surface area contributed by atoms with Crippen LogP contribution >= 0.6 is 0 Å². The van der Waals surface area contributed by atoms with Crippen molar-refractivity contribution in [3.63, 3.8) is 0 Å². The molecule has 0 saturated carbocycles. The van der Waals surface area contributed by atoms with Gasteiger partial charge in [0.2, 0.25) is 0 Å². The van der Waals surface area contributed by atoms with Crippen LogP contribution in [-0.2, 0) is 6.54 Å².